The third-order valence-corrected chi connectivity index (χ3v) is 6.54. The molecule has 4 heterocycles. The Labute approximate surface area is 153 Å². The summed E-state index contributed by atoms with van der Waals surface area (Å²) >= 11 is 0. The second-order valence-corrected chi connectivity index (χ2v) is 7.74. The first-order valence-electron chi connectivity index (χ1n) is 9.44. The Hall–Kier alpha value is -2.27. The molecule has 5 nitrogen and oxygen atoms in total. The fraction of sp³-hybridized carbons (Fsp3) is 0.476. The van der Waals surface area contributed by atoms with E-state index in [1.807, 2.05) is 0 Å². The maximum absolute atomic E-state index is 12.3. The number of carbonyl (C=O) groups is 1. The molecule has 1 fully saturated rings. The van der Waals surface area contributed by atoms with Crippen molar-refractivity contribution in [3.63, 3.8) is 0 Å². The number of piperidine rings is 1. The summed E-state index contributed by atoms with van der Waals surface area (Å²) in [5, 5.41) is 1.34. The Bertz CT molecular complexity index is 900. The van der Waals surface area contributed by atoms with Gasteiger partial charge in [0.1, 0.15) is 0 Å². The summed E-state index contributed by atoms with van der Waals surface area (Å²) in [5.41, 5.74) is 4.69. The van der Waals surface area contributed by atoms with E-state index in [2.05, 4.69) is 41.1 Å². The highest BCUT2D eigenvalue weighted by Gasteiger charge is 2.46. The van der Waals surface area contributed by atoms with E-state index in [1.165, 1.54) is 29.3 Å². The molecular formula is C21H24N2O3. The van der Waals surface area contributed by atoms with Gasteiger partial charge in [0.15, 0.2) is 0 Å². The summed E-state index contributed by atoms with van der Waals surface area (Å²) in [4.78, 5) is 18.5. The molecule has 1 N–H and O–H groups in total. The van der Waals surface area contributed by atoms with Gasteiger partial charge in [0.25, 0.3) is 0 Å². The van der Waals surface area contributed by atoms with Crippen molar-refractivity contribution in [2.45, 2.75) is 31.9 Å². The number of para-hydroxylation sites is 1. The Morgan fingerprint density at radius 3 is 3.04 bits per heavy atom. The molecule has 0 amide bonds. The van der Waals surface area contributed by atoms with Gasteiger partial charge in [0.05, 0.1) is 31.1 Å². The lowest BCUT2D eigenvalue weighted by atomic mass is 9.72. The van der Waals surface area contributed by atoms with E-state index >= 15 is 0 Å². The molecule has 26 heavy (non-hydrogen) atoms. The van der Waals surface area contributed by atoms with Gasteiger partial charge in [-0.25, -0.2) is 4.79 Å². The minimum absolute atomic E-state index is 0.124. The normalized spacial score (nSPS) is 30.6. The van der Waals surface area contributed by atoms with Crippen molar-refractivity contribution in [3.05, 3.63) is 47.4 Å². The molecule has 136 valence electrons. The van der Waals surface area contributed by atoms with Gasteiger partial charge in [0.2, 0.25) is 0 Å². The Morgan fingerprint density at radius 2 is 2.19 bits per heavy atom. The Morgan fingerprint density at radius 1 is 1.35 bits per heavy atom. The average Bonchev–Trinajstić information content (AvgIpc) is 3.06. The molecule has 0 spiro atoms. The van der Waals surface area contributed by atoms with Crippen molar-refractivity contribution in [3.8, 4) is 0 Å². The van der Waals surface area contributed by atoms with Gasteiger partial charge in [-0.1, -0.05) is 18.2 Å². The molecule has 3 aliphatic rings. The summed E-state index contributed by atoms with van der Waals surface area (Å²) in [6.45, 7) is 4.13. The van der Waals surface area contributed by atoms with E-state index in [-0.39, 0.29) is 18.0 Å². The lowest BCUT2D eigenvalue weighted by Gasteiger charge is -2.49. The molecule has 5 rings (SSSR count). The van der Waals surface area contributed by atoms with Gasteiger partial charge in [-0.3, -0.25) is 4.90 Å². The zero-order valence-corrected chi connectivity index (χ0v) is 15.2. The molecule has 4 atom stereocenters. The van der Waals surface area contributed by atoms with Crippen molar-refractivity contribution >= 4 is 16.9 Å². The van der Waals surface area contributed by atoms with Crippen LogP contribution in [0.2, 0.25) is 0 Å². The number of rotatable bonds is 1. The number of ether oxygens (including phenoxy) is 2. The van der Waals surface area contributed by atoms with E-state index in [4.69, 9.17) is 9.47 Å². The summed E-state index contributed by atoms with van der Waals surface area (Å²) in [6.07, 6.45) is 3.77. The molecule has 0 bridgehead atoms. The lowest BCUT2D eigenvalue weighted by molar-refractivity contribution is -0.139. The van der Waals surface area contributed by atoms with Crippen LogP contribution in [0, 0.1) is 11.8 Å². The van der Waals surface area contributed by atoms with Crippen LogP contribution in [0.4, 0.5) is 0 Å². The third kappa shape index (κ3) is 2.23. The van der Waals surface area contributed by atoms with E-state index < -0.39 is 0 Å². The van der Waals surface area contributed by atoms with E-state index in [0.717, 1.165) is 25.9 Å². The van der Waals surface area contributed by atoms with Gasteiger partial charge < -0.3 is 14.5 Å². The SMILES string of the molecule is COC(=O)C1=CO[C@H](C)[C@H]2CN3CCc4c([nH]c5ccccc45)[C@@H]3C[C@@H]12. The number of benzene rings is 1. The standard InChI is InChI=1S/C21H24N2O3/c1-12-16-10-23-8-7-14-13-5-3-4-6-18(13)22-20(14)19(23)9-15(16)17(11-26-12)21(24)25-2/h3-6,11-12,15-16,19,22H,7-10H2,1-2H3/t12-,15-,16-,19+/m1/s1. The number of nitrogens with one attached hydrogen (secondary N) is 1. The second-order valence-electron chi connectivity index (χ2n) is 7.74. The second kappa shape index (κ2) is 5.88. The smallest absolute Gasteiger partial charge is 0.337 e. The molecule has 0 unspecified atom stereocenters. The highest BCUT2D eigenvalue weighted by atomic mass is 16.5. The van der Waals surface area contributed by atoms with Crippen molar-refractivity contribution < 1.29 is 14.3 Å². The maximum Gasteiger partial charge on any atom is 0.337 e. The van der Waals surface area contributed by atoms with E-state index in [9.17, 15) is 4.79 Å². The van der Waals surface area contributed by atoms with Crippen LogP contribution in [0.25, 0.3) is 10.9 Å². The van der Waals surface area contributed by atoms with E-state index in [1.54, 1.807) is 6.26 Å². The summed E-state index contributed by atoms with van der Waals surface area (Å²) in [7, 11) is 1.45. The van der Waals surface area contributed by atoms with Crippen molar-refractivity contribution in [1.82, 2.24) is 9.88 Å². The van der Waals surface area contributed by atoms with Crippen molar-refractivity contribution in [1.29, 1.82) is 0 Å². The first kappa shape index (κ1) is 15.9. The van der Waals surface area contributed by atoms with Gasteiger partial charge >= 0.3 is 5.97 Å². The van der Waals surface area contributed by atoms with E-state index in [0.29, 0.717) is 17.5 Å². The fourth-order valence-corrected chi connectivity index (χ4v) is 5.19. The maximum atomic E-state index is 12.3. The van der Waals surface area contributed by atoms with Crippen molar-refractivity contribution in [2.24, 2.45) is 11.8 Å². The zero-order chi connectivity index (χ0) is 17.8. The molecule has 1 aromatic carbocycles. The van der Waals surface area contributed by atoms with Gasteiger partial charge in [-0.05, 0) is 31.4 Å². The van der Waals surface area contributed by atoms with Crippen LogP contribution in [-0.4, -0.2) is 42.2 Å². The highest BCUT2D eigenvalue weighted by molar-refractivity contribution is 5.89. The minimum atomic E-state index is -0.256. The van der Waals surface area contributed by atoms with Gasteiger partial charge in [0, 0.05) is 41.5 Å². The van der Waals surface area contributed by atoms with Crippen LogP contribution in [0.3, 0.4) is 0 Å². The largest absolute Gasteiger partial charge is 0.497 e. The van der Waals surface area contributed by atoms with Gasteiger partial charge in [-0.2, -0.15) is 0 Å². The van der Waals surface area contributed by atoms with Crippen LogP contribution in [-0.2, 0) is 20.7 Å². The summed E-state index contributed by atoms with van der Waals surface area (Å²) in [5.74, 6) is 0.258. The van der Waals surface area contributed by atoms with Crippen LogP contribution < -0.4 is 0 Å². The number of nitrogens with zero attached hydrogens (tertiary/aromatic N) is 1. The zero-order valence-electron chi connectivity index (χ0n) is 15.2. The monoisotopic (exact) mass is 352 g/mol. The highest BCUT2D eigenvalue weighted by Crippen LogP contribution is 2.47. The van der Waals surface area contributed by atoms with Crippen LogP contribution in [0.15, 0.2) is 36.1 Å². The number of aromatic nitrogens is 1. The molecule has 0 saturated carbocycles. The summed E-state index contributed by atoms with van der Waals surface area (Å²) < 4.78 is 10.8. The number of hydrogen-bond donors (Lipinski definition) is 1. The topological polar surface area (TPSA) is 54.6 Å². The number of aromatic amines is 1. The quantitative estimate of drug-likeness (QED) is 0.801. The average molecular weight is 352 g/mol. The molecular weight excluding hydrogens is 328 g/mol. The molecule has 0 radical (unpaired) electrons. The fourth-order valence-electron chi connectivity index (χ4n) is 5.19. The first-order valence-corrected chi connectivity index (χ1v) is 9.44. The number of esters is 1. The lowest BCUT2D eigenvalue weighted by Crippen LogP contribution is -2.51. The number of H-pyrrole nitrogens is 1. The molecule has 3 aliphatic heterocycles. The predicted molar refractivity (Wildman–Crippen MR) is 98.6 cm³/mol. The molecule has 0 aliphatic carbocycles. The third-order valence-electron chi connectivity index (χ3n) is 6.54. The minimum Gasteiger partial charge on any atom is -0.497 e. The number of methoxy groups -OCH3 is 1. The van der Waals surface area contributed by atoms with Crippen LogP contribution >= 0.6 is 0 Å². The molecule has 2 aromatic rings. The van der Waals surface area contributed by atoms with Crippen LogP contribution in [0.1, 0.15) is 30.6 Å². The number of fused-ring (bicyclic) bond motifs is 6. The molecule has 1 aromatic heterocycles. The summed E-state index contributed by atoms with van der Waals surface area (Å²) in [6, 6.07) is 8.88. The number of carbonyl (C=O) groups excluding carboxylic acids is 1. The predicted octanol–water partition coefficient (Wildman–Crippen LogP) is 3.18. The Balaban J connectivity index is 1.55. The Kier molecular flexibility index (Phi) is 3.60. The first-order chi connectivity index (χ1) is 12.7. The molecule has 5 heteroatoms. The van der Waals surface area contributed by atoms with Crippen LogP contribution in [0.5, 0.6) is 0 Å². The number of hydrogen-bond acceptors (Lipinski definition) is 4. The molecule has 1 saturated heterocycles. The van der Waals surface area contributed by atoms with Gasteiger partial charge in [-0.15, -0.1) is 0 Å². The van der Waals surface area contributed by atoms with Crippen molar-refractivity contribution in [2.75, 3.05) is 20.2 Å².